The van der Waals surface area contributed by atoms with Crippen molar-refractivity contribution in [1.29, 1.82) is 0 Å². The second-order valence-corrected chi connectivity index (χ2v) is 5.77. The third-order valence-electron chi connectivity index (χ3n) is 3.22. The van der Waals surface area contributed by atoms with E-state index in [1.807, 2.05) is 19.1 Å². The Bertz CT molecular complexity index is 421. The first-order valence-corrected chi connectivity index (χ1v) is 6.50. The molecule has 1 saturated carbocycles. The summed E-state index contributed by atoms with van der Waals surface area (Å²) in [6.07, 6.45) is 2.00. The van der Waals surface area contributed by atoms with Crippen molar-refractivity contribution in [2.45, 2.75) is 19.8 Å². The monoisotopic (exact) mass is 297 g/mol. The van der Waals surface area contributed by atoms with Crippen LogP contribution in [0.4, 0.5) is 0 Å². The highest BCUT2D eigenvalue weighted by atomic mass is 79.9. The molecule has 4 heteroatoms. The van der Waals surface area contributed by atoms with Crippen LogP contribution in [0.1, 0.15) is 28.8 Å². The molecule has 92 valence electrons. The fourth-order valence-electron chi connectivity index (χ4n) is 1.80. The van der Waals surface area contributed by atoms with Gasteiger partial charge in [0.25, 0.3) is 5.91 Å². The van der Waals surface area contributed by atoms with E-state index in [-0.39, 0.29) is 17.9 Å². The van der Waals surface area contributed by atoms with Crippen LogP contribution >= 0.6 is 15.9 Å². The summed E-state index contributed by atoms with van der Waals surface area (Å²) in [5.74, 6) is -0.0749. The van der Waals surface area contributed by atoms with Gasteiger partial charge in [-0.15, -0.1) is 0 Å². The van der Waals surface area contributed by atoms with Crippen LogP contribution in [-0.2, 0) is 0 Å². The van der Waals surface area contributed by atoms with Gasteiger partial charge in [0, 0.05) is 22.0 Å². The van der Waals surface area contributed by atoms with Crippen LogP contribution in [0.5, 0.6) is 0 Å². The molecule has 1 aromatic rings. The number of carbonyl (C=O) groups is 1. The van der Waals surface area contributed by atoms with Gasteiger partial charge < -0.3 is 10.4 Å². The van der Waals surface area contributed by atoms with Gasteiger partial charge in [-0.1, -0.05) is 15.9 Å². The minimum absolute atomic E-state index is 0.0449. The van der Waals surface area contributed by atoms with E-state index in [0.717, 1.165) is 22.9 Å². The number of aryl methyl sites for hydroxylation is 1. The summed E-state index contributed by atoms with van der Waals surface area (Å²) in [4.78, 5) is 11.9. The Hall–Kier alpha value is -0.870. The molecule has 2 N–H and O–H groups in total. The number of hydrogen-bond acceptors (Lipinski definition) is 2. The van der Waals surface area contributed by atoms with E-state index in [9.17, 15) is 4.79 Å². The number of aliphatic hydroxyl groups excluding tert-OH is 1. The first kappa shape index (κ1) is 12.6. The van der Waals surface area contributed by atoms with Gasteiger partial charge in [-0.05, 0) is 43.5 Å². The smallest absolute Gasteiger partial charge is 0.251 e. The molecule has 0 aromatic heterocycles. The number of carbonyl (C=O) groups excluding carboxylic acids is 1. The number of halogens is 1. The van der Waals surface area contributed by atoms with Crippen molar-refractivity contribution < 1.29 is 9.90 Å². The summed E-state index contributed by atoms with van der Waals surface area (Å²) in [5.41, 5.74) is 1.66. The van der Waals surface area contributed by atoms with E-state index in [4.69, 9.17) is 5.11 Å². The molecule has 17 heavy (non-hydrogen) atoms. The van der Waals surface area contributed by atoms with E-state index in [2.05, 4.69) is 21.2 Å². The summed E-state index contributed by atoms with van der Waals surface area (Å²) in [6, 6.07) is 5.63. The number of benzene rings is 1. The molecular weight excluding hydrogens is 282 g/mol. The molecular formula is C13H16BrNO2. The summed E-state index contributed by atoms with van der Waals surface area (Å²) < 4.78 is 0.908. The summed E-state index contributed by atoms with van der Waals surface area (Å²) in [5, 5.41) is 12.1. The predicted molar refractivity (Wildman–Crippen MR) is 70.0 cm³/mol. The zero-order valence-corrected chi connectivity index (χ0v) is 11.4. The second kappa shape index (κ2) is 4.78. The fourth-order valence-corrected chi connectivity index (χ4v) is 2.41. The van der Waals surface area contributed by atoms with Gasteiger partial charge in [-0.25, -0.2) is 0 Å². The molecule has 1 aliphatic carbocycles. The summed E-state index contributed by atoms with van der Waals surface area (Å²) in [7, 11) is 0. The van der Waals surface area contributed by atoms with Gasteiger partial charge in [-0.2, -0.15) is 0 Å². The molecule has 0 radical (unpaired) electrons. The molecule has 1 aliphatic rings. The Morgan fingerprint density at radius 1 is 1.47 bits per heavy atom. The SMILES string of the molecule is Cc1cc(Br)cc(C(=O)NCC2(CO)CC2)c1. The van der Waals surface area contributed by atoms with Crippen LogP contribution in [0.3, 0.4) is 0 Å². The van der Waals surface area contributed by atoms with Crippen LogP contribution < -0.4 is 5.32 Å². The average molecular weight is 298 g/mol. The third-order valence-corrected chi connectivity index (χ3v) is 3.68. The van der Waals surface area contributed by atoms with Gasteiger partial charge >= 0.3 is 0 Å². The highest BCUT2D eigenvalue weighted by molar-refractivity contribution is 9.10. The second-order valence-electron chi connectivity index (χ2n) is 4.86. The molecule has 0 unspecified atom stereocenters. The standard InChI is InChI=1S/C13H16BrNO2/c1-9-4-10(6-11(14)5-9)12(17)15-7-13(8-16)2-3-13/h4-6,16H,2-3,7-8H2,1H3,(H,15,17). The minimum Gasteiger partial charge on any atom is -0.396 e. The van der Waals surface area contributed by atoms with Crippen LogP contribution in [0.2, 0.25) is 0 Å². The van der Waals surface area contributed by atoms with Gasteiger partial charge in [0.1, 0.15) is 0 Å². The Balaban J connectivity index is 1.99. The molecule has 1 amide bonds. The lowest BCUT2D eigenvalue weighted by molar-refractivity contribution is 0.0935. The van der Waals surface area contributed by atoms with Crippen molar-refractivity contribution in [3.63, 3.8) is 0 Å². The fraction of sp³-hybridized carbons (Fsp3) is 0.462. The van der Waals surface area contributed by atoms with E-state index in [1.54, 1.807) is 6.07 Å². The van der Waals surface area contributed by atoms with Crippen molar-refractivity contribution in [3.8, 4) is 0 Å². The van der Waals surface area contributed by atoms with Gasteiger partial charge in [0.05, 0.1) is 6.61 Å². The highest BCUT2D eigenvalue weighted by Crippen LogP contribution is 2.44. The van der Waals surface area contributed by atoms with Crippen LogP contribution in [0.25, 0.3) is 0 Å². The minimum atomic E-state index is -0.0749. The first-order valence-electron chi connectivity index (χ1n) is 5.71. The molecule has 2 rings (SSSR count). The van der Waals surface area contributed by atoms with Crippen molar-refractivity contribution in [3.05, 3.63) is 33.8 Å². The Kier molecular flexibility index (Phi) is 3.54. The van der Waals surface area contributed by atoms with E-state index in [1.165, 1.54) is 0 Å². The Morgan fingerprint density at radius 2 is 2.18 bits per heavy atom. The van der Waals surface area contributed by atoms with E-state index < -0.39 is 0 Å². The van der Waals surface area contributed by atoms with Gasteiger partial charge in [0.15, 0.2) is 0 Å². The predicted octanol–water partition coefficient (Wildman–Crippen LogP) is 2.26. The maximum atomic E-state index is 11.9. The maximum Gasteiger partial charge on any atom is 0.251 e. The van der Waals surface area contributed by atoms with Crippen LogP contribution in [0.15, 0.2) is 22.7 Å². The van der Waals surface area contributed by atoms with Crippen LogP contribution in [-0.4, -0.2) is 24.2 Å². The van der Waals surface area contributed by atoms with Gasteiger partial charge in [-0.3, -0.25) is 4.79 Å². The summed E-state index contributed by atoms with van der Waals surface area (Å²) >= 11 is 3.38. The molecule has 0 heterocycles. The zero-order chi connectivity index (χ0) is 12.5. The van der Waals surface area contributed by atoms with Crippen molar-refractivity contribution >= 4 is 21.8 Å². The van der Waals surface area contributed by atoms with Crippen molar-refractivity contribution in [2.75, 3.05) is 13.2 Å². The lowest BCUT2D eigenvalue weighted by Gasteiger charge is -2.13. The van der Waals surface area contributed by atoms with Crippen molar-refractivity contribution in [2.24, 2.45) is 5.41 Å². The van der Waals surface area contributed by atoms with E-state index >= 15 is 0 Å². The number of nitrogens with one attached hydrogen (secondary N) is 1. The maximum absolute atomic E-state index is 11.9. The van der Waals surface area contributed by atoms with Gasteiger partial charge in [0.2, 0.25) is 0 Å². The number of aliphatic hydroxyl groups is 1. The normalized spacial score (nSPS) is 16.6. The van der Waals surface area contributed by atoms with Crippen molar-refractivity contribution in [1.82, 2.24) is 5.32 Å². The lowest BCUT2D eigenvalue weighted by atomic mass is 10.1. The Morgan fingerprint density at radius 3 is 2.71 bits per heavy atom. The quantitative estimate of drug-likeness (QED) is 0.896. The largest absolute Gasteiger partial charge is 0.396 e. The molecule has 0 atom stereocenters. The molecule has 1 fully saturated rings. The van der Waals surface area contributed by atoms with Crippen LogP contribution in [0, 0.1) is 12.3 Å². The average Bonchev–Trinajstić information content (AvgIpc) is 3.05. The molecule has 1 aromatic carbocycles. The summed E-state index contributed by atoms with van der Waals surface area (Å²) in [6.45, 7) is 2.68. The zero-order valence-electron chi connectivity index (χ0n) is 9.79. The number of rotatable bonds is 4. The molecule has 0 aliphatic heterocycles. The number of hydrogen-bond donors (Lipinski definition) is 2. The third kappa shape index (κ3) is 3.07. The Labute approximate surface area is 109 Å². The topological polar surface area (TPSA) is 49.3 Å². The highest BCUT2D eigenvalue weighted by Gasteiger charge is 2.42. The molecule has 3 nitrogen and oxygen atoms in total. The van der Waals surface area contributed by atoms with E-state index in [0.29, 0.717) is 12.1 Å². The molecule has 0 bridgehead atoms. The molecule has 0 saturated heterocycles. The lowest BCUT2D eigenvalue weighted by Crippen LogP contribution is -2.31. The number of amides is 1. The first-order chi connectivity index (χ1) is 8.04. The molecule has 0 spiro atoms.